The molecule has 0 saturated carbocycles. The van der Waals surface area contributed by atoms with E-state index >= 15 is 0 Å². The topological polar surface area (TPSA) is 108 Å². The summed E-state index contributed by atoms with van der Waals surface area (Å²) in [7, 11) is 0. The molecule has 1 fully saturated rings. The van der Waals surface area contributed by atoms with Gasteiger partial charge in [-0.3, -0.25) is 5.41 Å². The van der Waals surface area contributed by atoms with E-state index in [-0.39, 0.29) is 6.04 Å². The van der Waals surface area contributed by atoms with E-state index in [4.69, 9.17) is 11.1 Å². The third-order valence-corrected chi connectivity index (χ3v) is 4.65. The van der Waals surface area contributed by atoms with Crippen molar-refractivity contribution in [2.45, 2.75) is 32.2 Å². The van der Waals surface area contributed by atoms with E-state index in [1.165, 1.54) is 12.4 Å². The number of alkyl halides is 2. The van der Waals surface area contributed by atoms with Crippen LogP contribution in [0.5, 0.6) is 0 Å². The SMILES string of the molecule is CCC1CC(N)CN(c2cc(-c3cnc(/C=C\C(=N)C(F)F)[nH]3)ncn2)C1. The molecule has 1 aliphatic heterocycles. The number of hydrogen-bond acceptors (Lipinski definition) is 6. The fourth-order valence-corrected chi connectivity index (χ4v) is 3.19. The standard InChI is InChI=1S/C18H23F2N7/c1-2-11-5-12(21)9-27(8-11)17-6-14(24-10-25-17)15-7-23-16(26-15)4-3-13(22)18(19)20/h3-4,6-7,10-12,18,22H,2,5,8-9,21H2,1H3,(H,23,26)/b4-3-,22-13?. The van der Waals surface area contributed by atoms with Gasteiger partial charge in [-0.25, -0.2) is 23.7 Å². The zero-order valence-electron chi connectivity index (χ0n) is 15.1. The molecule has 2 aromatic heterocycles. The number of imidazole rings is 1. The lowest BCUT2D eigenvalue weighted by Crippen LogP contribution is -2.47. The fraction of sp³-hybridized carbons (Fsp3) is 0.444. The number of aromatic amines is 1. The molecule has 0 spiro atoms. The Morgan fingerprint density at radius 3 is 2.96 bits per heavy atom. The Balaban J connectivity index is 1.77. The molecule has 7 nitrogen and oxygen atoms in total. The van der Waals surface area contributed by atoms with Crippen LogP contribution in [0.4, 0.5) is 14.6 Å². The second-order valence-electron chi connectivity index (χ2n) is 6.71. The molecule has 0 bridgehead atoms. The molecule has 1 saturated heterocycles. The number of nitrogens with two attached hydrogens (primary N) is 1. The van der Waals surface area contributed by atoms with Gasteiger partial charge in [-0.2, -0.15) is 0 Å². The molecule has 9 heteroatoms. The Bertz CT molecular complexity index is 818. The van der Waals surface area contributed by atoms with E-state index in [2.05, 4.69) is 31.8 Å². The van der Waals surface area contributed by atoms with Crippen LogP contribution in [0.15, 0.2) is 24.7 Å². The predicted molar refractivity (Wildman–Crippen MR) is 101 cm³/mol. The van der Waals surface area contributed by atoms with Crippen molar-refractivity contribution >= 4 is 17.6 Å². The van der Waals surface area contributed by atoms with Crippen LogP contribution < -0.4 is 10.6 Å². The van der Waals surface area contributed by atoms with E-state index in [0.29, 0.717) is 23.1 Å². The van der Waals surface area contributed by atoms with Crippen LogP contribution in [-0.4, -0.2) is 51.2 Å². The molecular formula is C18H23F2N7. The summed E-state index contributed by atoms with van der Waals surface area (Å²) >= 11 is 0. The molecule has 1 aliphatic rings. The lowest BCUT2D eigenvalue weighted by molar-refractivity contribution is 0.226. The summed E-state index contributed by atoms with van der Waals surface area (Å²) < 4.78 is 24.7. The molecule has 4 N–H and O–H groups in total. The van der Waals surface area contributed by atoms with Crippen LogP contribution in [0.1, 0.15) is 25.6 Å². The summed E-state index contributed by atoms with van der Waals surface area (Å²) in [6, 6.07) is 1.99. The number of nitrogens with zero attached hydrogens (tertiary/aromatic N) is 4. The zero-order chi connectivity index (χ0) is 19.4. The summed E-state index contributed by atoms with van der Waals surface area (Å²) in [5.74, 6) is 1.72. The number of piperidine rings is 1. The van der Waals surface area contributed by atoms with E-state index in [1.54, 1.807) is 6.20 Å². The van der Waals surface area contributed by atoms with E-state index in [9.17, 15) is 8.78 Å². The van der Waals surface area contributed by atoms with Crippen molar-refractivity contribution in [2.75, 3.05) is 18.0 Å². The average molecular weight is 375 g/mol. The van der Waals surface area contributed by atoms with Gasteiger partial charge >= 0.3 is 0 Å². The molecule has 2 atom stereocenters. The molecule has 144 valence electrons. The average Bonchev–Trinajstić information content (AvgIpc) is 3.14. The first-order chi connectivity index (χ1) is 13.0. The molecule has 27 heavy (non-hydrogen) atoms. The van der Waals surface area contributed by atoms with Gasteiger partial charge in [0.25, 0.3) is 6.43 Å². The van der Waals surface area contributed by atoms with Gasteiger partial charge in [-0.05, 0) is 24.5 Å². The Morgan fingerprint density at radius 1 is 1.41 bits per heavy atom. The fourth-order valence-electron chi connectivity index (χ4n) is 3.19. The first-order valence-corrected chi connectivity index (χ1v) is 8.88. The van der Waals surface area contributed by atoms with Gasteiger partial charge in [-0.1, -0.05) is 13.3 Å². The maximum absolute atomic E-state index is 12.4. The van der Waals surface area contributed by atoms with Gasteiger partial charge in [0.15, 0.2) is 0 Å². The number of rotatable bonds is 6. The van der Waals surface area contributed by atoms with Crippen molar-refractivity contribution in [1.29, 1.82) is 5.41 Å². The van der Waals surface area contributed by atoms with Gasteiger partial charge in [0.1, 0.15) is 18.0 Å². The first kappa shape index (κ1) is 19.1. The van der Waals surface area contributed by atoms with Gasteiger partial charge < -0.3 is 15.6 Å². The van der Waals surface area contributed by atoms with Crippen LogP contribution in [0.25, 0.3) is 17.5 Å². The minimum absolute atomic E-state index is 0.121. The summed E-state index contributed by atoms with van der Waals surface area (Å²) in [5, 5.41) is 7.14. The largest absolute Gasteiger partial charge is 0.355 e. The van der Waals surface area contributed by atoms with E-state index < -0.39 is 12.1 Å². The minimum atomic E-state index is -2.80. The Morgan fingerprint density at radius 2 is 2.22 bits per heavy atom. The van der Waals surface area contributed by atoms with Gasteiger partial charge in [0.05, 0.1) is 23.3 Å². The number of allylic oxidation sites excluding steroid dienone is 1. The smallest absolute Gasteiger partial charge is 0.279 e. The molecule has 2 unspecified atom stereocenters. The van der Waals surface area contributed by atoms with E-state index in [1.807, 2.05) is 6.07 Å². The first-order valence-electron chi connectivity index (χ1n) is 8.88. The summed E-state index contributed by atoms with van der Waals surface area (Å²) in [6.45, 7) is 3.83. The monoisotopic (exact) mass is 375 g/mol. The van der Waals surface area contributed by atoms with Crippen LogP contribution in [-0.2, 0) is 0 Å². The number of H-pyrrole nitrogens is 1. The lowest BCUT2D eigenvalue weighted by Gasteiger charge is -2.36. The van der Waals surface area contributed by atoms with Crippen LogP contribution in [0.2, 0.25) is 0 Å². The highest BCUT2D eigenvalue weighted by molar-refractivity contribution is 5.97. The zero-order valence-corrected chi connectivity index (χ0v) is 15.1. The molecule has 0 aliphatic carbocycles. The van der Waals surface area contributed by atoms with Crippen molar-refractivity contribution in [3.63, 3.8) is 0 Å². The van der Waals surface area contributed by atoms with Crippen molar-refractivity contribution in [3.8, 4) is 11.4 Å². The Hall–Kier alpha value is -2.68. The summed E-state index contributed by atoms with van der Waals surface area (Å²) in [5.41, 5.74) is 6.72. The molecule has 0 radical (unpaired) electrons. The van der Waals surface area contributed by atoms with E-state index in [0.717, 1.165) is 37.8 Å². The highest BCUT2D eigenvalue weighted by Crippen LogP contribution is 2.25. The highest BCUT2D eigenvalue weighted by atomic mass is 19.3. The van der Waals surface area contributed by atoms with Gasteiger partial charge in [0, 0.05) is 25.2 Å². The van der Waals surface area contributed by atoms with Crippen molar-refractivity contribution in [1.82, 2.24) is 19.9 Å². The van der Waals surface area contributed by atoms with Crippen LogP contribution in [0.3, 0.4) is 0 Å². The number of halogens is 2. The molecule has 0 amide bonds. The molecule has 0 aromatic carbocycles. The number of aromatic nitrogens is 4. The molecule has 3 rings (SSSR count). The highest BCUT2D eigenvalue weighted by Gasteiger charge is 2.25. The molecule has 3 heterocycles. The molecule has 2 aromatic rings. The van der Waals surface area contributed by atoms with Crippen molar-refractivity contribution in [3.05, 3.63) is 30.5 Å². The van der Waals surface area contributed by atoms with Crippen molar-refractivity contribution in [2.24, 2.45) is 11.7 Å². The quantitative estimate of drug-likeness (QED) is 0.673. The number of hydrogen-bond donors (Lipinski definition) is 3. The maximum Gasteiger partial charge on any atom is 0.279 e. The lowest BCUT2D eigenvalue weighted by atomic mass is 9.92. The number of anilines is 1. The maximum atomic E-state index is 12.4. The van der Waals surface area contributed by atoms with Crippen molar-refractivity contribution < 1.29 is 8.78 Å². The predicted octanol–water partition coefficient (Wildman–Crippen LogP) is 2.73. The Labute approximate surface area is 156 Å². The van der Waals surface area contributed by atoms with Crippen LogP contribution in [0, 0.1) is 11.3 Å². The van der Waals surface area contributed by atoms with Crippen LogP contribution >= 0.6 is 0 Å². The Kier molecular flexibility index (Phi) is 5.90. The third kappa shape index (κ3) is 4.73. The second-order valence-corrected chi connectivity index (χ2v) is 6.71. The normalized spacial score (nSPS) is 20.6. The number of nitrogens with one attached hydrogen (secondary N) is 2. The minimum Gasteiger partial charge on any atom is -0.355 e. The molecular weight excluding hydrogens is 352 g/mol. The summed E-state index contributed by atoms with van der Waals surface area (Å²) in [6.07, 6.45) is 4.74. The van der Waals surface area contributed by atoms with Gasteiger partial charge in [0.2, 0.25) is 0 Å². The van der Waals surface area contributed by atoms with Gasteiger partial charge in [-0.15, -0.1) is 0 Å². The summed E-state index contributed by atoms with van der Waals surface area (Å²) in [4.78, 5) is 18.0. The third-order valence-electron chi connectivity index (χ3n) is 4.65. The second kappa shape index (κ2) is 8.34.